The van der Waals surface area contributed by atoms with Crippen LogP contribution in [0.4, 0.5) is 10.5 Å². The van der Waals surface area contributed by atoms with Gasteiger partial charge < -0.3 is 30.2 Å². The van der Waals surface area contributed by atoms with E-state index in [9.17, 15) is 24.6 Å². The number of carboxylic acids is 1. The van der Waals surface area contributed by atoms with Crippen LogP contribution in [0.2, 0.25) is 0 Å². The second-order valence-corrected chi connectivity index (χ2v) is 7.97. The molecule has 0 aliphatic carbocycles. The highest BCUT2D eigenvalue weighted by molar-refractivity contribution is 5.91. The molecule has 0 spiro atoms. The van der Waals surface area contributed by atoms with Crippen molar-refractivity contribution >= 4 is 17.7 Å². The highest BCUT2D eigenvalue weighted by Crippen LogP contribution is 2.30. The van der Waals surface area contributed by atoms with Crippen LogP contribution in [0.25, 0.3) is 11.1 Å². The molecule has 2 amide bonds. The number of aromatic hydroxyl groups is 1. The van der Waals surface area contributed by atoms with Crippen LogP contribution in [0.3, 0.4) is 0 Å². The first-order chi connectivity index (χ1) is 16.1. The molecule has 3 aromatic rings. The maximum absolute atomic E-state index is 12.7. The third kappa shape index (κ3) is 5.37. The number of pyridine rings is 1. The number of amides is 2. The minimum Gasteiger partial charge on any atom is -0.505 e. The lowest BCUT2D eigenvalue weighted by Gasteiger charge is -2.20. The number of ether oxygens (including phenoxy) is 1. The summed E-state index contributed by atoms with van der Waals surface area (Å²) in [5.74, 6) is -0.800. The summed E-state index contributed by atoms with van der Waals surface area (Å²) in [4.78, 5) is 36.7. The molecule has 9 nitrogen and oxygen atoms in total. The van der Waals surface area contributed by atoms with Crippen LogP contribution < -0.4 is 20.9 Å². The van der Waals surface area contributed by atoms with Crippen molar-refractivity contribution in [3.63, 3.8) is 0 Å². The molecule has 178 valence electrons. The predicted molar refractivity (Wildman–Crippen MR) is 128 cm³/mol. The SMILES string of the molecule is COc1cccc(-c2cc([C@H](CC(=O)O)NC(=O)Nc3c(O)cc(C)n(C)c3=O)ccc2C)c1. The van der Waals surface area contributed by atoms with Gasteiger partial charge >= 0.3 is 12.0 Å². The van der Waals surface area contributed by atoms with Gasteiger partial charge in [0.15, 0.2) is 5.69 Å². The molecule has 2 aromatic carbocycles. The number of carbonyl (C=O) groups is 2. The lowest BCUT2D eigenvalue weighted by atomic mass is 9.94. The Balaban J connectivity index is 1.92. The largest absolute Gasteiger partial charge is 0.505 e. The van der Waals surface area contributed by atoms with Gasteiger partial charge in [0.05, 0.1) is 19.6 Å². The summed E-state index contributed by atoms with van der Waals surface area (Å²) in [6.45, 7) is 3.58. The lowest BCUT2D eigenvalue weighted by molar-refractivity contribution is -0.137. The van der Waals surface area contributed by atoms with Gasteiger partial charge in [-0.05, 0) is 54.3 Å². The normalized spacial score (nSPS) is 11.5. The van der Waals surface area contributed by atoms with Crippen molar-refractivity contribution in [3.05, 3.63) is 75.7 Å². The maximum Gasteiger partial charge on any atom is 0.319 e. The fourth-order valence-corrected chi connectivity index (χ4v) is 3.61. The molecule has 34 heavy (non-hydrogen) atoms. The van der Waals surface area contributed by atoms with E-state index in [1.54, 1.807) is 20.1 Å². The Bertz CT molecular complexity index is 1300. The molecule has 9 heteroatoms. The first-order valence-electron chi connectivity index (χ1n) is 10.5. The van der Waals surface area contributed by atoms with Crippen LogP contribution >= 0.6 is 0 Å². The number of urea groups is 1. The minimum absolute atomic E-state index is 0.291. The van der Waals surface area contributed by atoms with E-state index >= 15 is 0 Å². The molecule has 0 bridgehead atoms. The number of hydrogen-bond acceptors (Lipinski definition) is 5. The third-order valence-electron chi connectivity index (χ3n) is 5.62. The summed E-state index contributed by atoms with van der Waals surface area (Å²) in [7, 11) is 3.09. The number of nitrogens with one attached hydrogen (secondary N) is 2. The summed E-state index contributed by atoms with van der Waals surface area (Å²) in [6.07, 6.45) is -0.383. The second kappa shape index (κ2) is 10.1. The summed E-state index contributed by atoms with van der Waals surface area (Å²) in [6, 6.07) is 12.5. The number of nitrogens with zero attached hydrogens (tertiary/aromatic N) is 1. The van der Waals surface area contributed by atoms with E-state index < -0.39 is 23.6 Å². The molecule has 1 atom stereocenters. The number of aliphatic carboxylic acids is 1. The molecule has 0 radical (unpaired) electrons. The number of benzene rings is 2. The van der Waals surface area contributed by atoms with Crippen molar-refractivity contribution in [1.82, 2.24) is 9.88 Å². The molecule has 0 aliphatic rings. The Hall–Kier alpha value is -4.27. The van der Waals surface area contributed by atoms with E-state index in [4.69, 9.17) is 4.74 Å². The Morgan fingerprint density at radius 2 is 1.85 bits per heavy atom. The molecular weight excluding hydrogens is 438 g/mol. The zero-order valence-electron chi connectivity index (χ0n) is 19.4. The summed E-state index contributed by atoms with van der Waals surface area (Å²) in [5.41, 5.74) is 2.91. The van der Waals surface area contributed by atoms with E-state index in [0.717, 1.165) is 16.7 Å². The topological polar surface area (TPSA) is 130 Å². The van der Waals surface area contributed by atoms with Crippen molar-refractivity contribution in [2.75, 3.05) is 12.4 Å². The van der Waals surface area contributed by atoms with E-state index in [0.29, 0.717) is 17.0 Å². The van der Waals surface area contributed by atoms with Gasteiger partial charge in [0, 0.05) is 18.8 Å². The smallest absolute Gasteiger partial charge is 0.319 e. The second-order valence-electron chi connectivity index (χ2n) is 7.97. The van der Waals surface area contributed by atoms with Gasteiger partial charge in [-0.3, -0.25) is 9.59 Å². The Kier molecular flexibility index (Phi) is 7.25. The molecule has 0 unspecified atom stereocenters. The Morgan fingerprint density at radius 3 is 2.53 bits per heavy atom. The standard InChI is InChI=1S/C25H27N3O6/c1-14-8-9-17(12-19(14)16-6-5-7-18(11-16)34-4)20(13-22(30)31)26-25(33)27-23-21(29)10-15(2)28(3)24(23)32/h5-12,20,29H,13H2,1-4H3,(H,30,31)(H2,26,27,33)/t20-/m0/s1. The van der Waals surface area contributed by atoms with Crippen molar-refractivity contribution < 1.29 is 24.5 Å². The Morgan fingerprint density at radius 1 is 1.12 bits per heavy atom. The van der Waals surface area contributed by atoms with E-state index in [1.807, 2.05) is 43.3 Å². The van der Waals surface area contributed by atoms with Crippen LogP contribution in [0.5, 0.6) is 11.5 Å². The van der Waals surface area contributed by atoms with Crippen LogP contribution in [0, 0.1) is 13.8 Å². The summed E-state index contributed by atoms with van der Waals surface area (Å²) < 4.78 is 6.58. The molecule has 0 saturated heterocycles. The minimum atomic E-state index is -1.11. The number of hydrogen-bond donors (Lipinski definition) is 4. The van der Waals surface area contributed by atoms with E-state index in [-0.39, 0.29) is 17.9 Å². The van der Waals surface area contributed by atoms with E-state index in [1.165, 1.54) is 17.7 Å². The van der Waals surface area contributed by atoms with Crippen LogP contribution in [-0.4, -0.2) is 33.9 Å². The number of aromatic nitrogens is 1. The average molecular weight is 466 g/mol. The van der Waals surface area contributed by atoms with Gasteiger partial charge in [-0.15, -0.1) is 0 Å². The maximum atomic E-state index is 12.7. The van der Waals surface area contributed by atoms with Gasteiger partial charge in [-0.1, -0.05) is 24.3 Å². The number of carbonyl (C=O) groups excluding carboxylic acids is 1. The lowest BCUT2D eigenvalue weighted by Crippen LogP contribution is -2.36. The number of carboxylic acid groups (broad SMARTS) is 1. The number of methoxy groups -OCH3 is 1. The molecule has 0 aliphatic heterocycles. The van der Waals surface area contributed by atoms with Crippen LogP contribution in [0.15, 0.2) is 53.3 Å². The van der Waals surface area contributed by atoms with Crippen LogP contribution in [-0.2, 0) is 11.8 Å². The van der Waals surface area contributed by atoms with Crippen molar-refractivity contribution in [1.29, 1.82) is 0 Å². The fraction of sp³-hybridized carbons (Fsp3) is 0.240. The van der Waals surface area contributed by atoms with Crippen molar-refractivity contribution in [3.8, 4) is 22.6 Å². The van der Waals surface area contributed by atoms with Crippen molar-refractivity contribution in [2.24, 2.45) is 7.05 Å². The highest BCUT2D eigenvalue weighted by atomic mass is 16.5. The number of anilines is 1. The number of aryl methyl sites for hydroxylation is 2. The predicted octanol–water partition coefficient (Wildman–Crippen LogP) is 3.72. The zero-order chi connectivity index (χ0) is 25.0. The molecule has 1 aromatic heterocycles. The average Bonchev–Trinajstić information content (AvgIpc) is 2.80. The van der Waals surface area contributed by atoms with Gasteiger partial charge in [-0.2, -0.15) is 0 Å². The highest BCUT2D eigenvalue weighted by Gasteiger charge is 2.21. The quantitative estimate of drug-likeness (QED) is 0.421. The zero-order valence-corrected chi connectivity index (χ0v) is 19.4. The van der Waals surface area contributed by atoms with Crippen molar-refractivity contribution in [2.45, 2.75) is 26.3 Å². The Labute approximate surface area is 196 Å². The first kappa shape index (κ1) is 24.4. The number of rotatable bonds is 7. The fourth-order valence-electron chi connectivity index (χ4n) is 3.61. The van der Waals surface area contributed by atoms with Gasteiger partial charge in [-0.25, -0.2) is 4.79 Å². The van der Waals surface area contributed by atoms with Gasteiger partial charge in [0.25, 0.3) is 5.56 Å². The molecule has 0 fully saturated rings. The summed E-state index contributed by atoms with van der Waals surface area (Å²) in [5, 5.41) is 24.5. The summed E-state index contributed by atoms with van der Waals surface area (Å²) >= 11 is 0. The molecule has 0 saturated carbocycles. The molecule has 1 heterocycles. The molecule has 3 rings (SSSR count). The molecular formula is C25H27N3O6. The third-order valence-corrected chi connectivity index (χ3v) is 5.62. The first-order valence-corrected chi connectivity index (χ1v) is 10.5. The van der Waals surface area contributed by atoms with Gasteiger partial charge in [0.2, 0.25) is 0 Å². The van der Waals surface area contributed by atoms with E-state index in [2.05, 4.69) is 10.6 Å². The molecule has 4 N–H and O–H groups in total. The monoisotopic (exact) mass is 465 g/mol. The van der Waals surface area contributed by atoms with Gasteiger partial charge in [0.1, 0.15) is 11.5 Å². The van der Waals surface area contributed by atoms with Crippen LogP contribution in [0.1, 0.15) is 29.3 Å².